The zero-order valence-corrected chi connectivity index (χ0v) is 9.29. The molecule has 1 aliphatic rings. The Balaban J connectivity index is 2.05. The molecule has 2 nitrogen and oxygen atoms in total. The molecule has 15 heavy (non-hydrogen) atoms. The first-order chi connectivity index (χ1) is 7.29. The van der Waals surface area contributed by atoms with Gasteiger partial charge >= 0.3 is 0 Å². The van der Waals surface area contributed by atoms with Gasteiger partial charge in [-0.05, 0) is 55.5 Å². The normalized spacial score (nSPS) is 19.9. The first-order valence-electron chi connectivity index (χ1n) is 5.83. The number of rotatable bonds is 3. The van der Waals surface area contributed by atoms with E-state index in [9.17, 15) is 5.11 Å². The molecule has 2 heteroatoms. The lowest BCUT2D eigenvalue weighted by atomic mass is 9.88. The SMILES string of the molecule is CCCN[C@H]1CCc2ccc(O)cc2C1. The van der Waals surface area contributed by atoms with Gasteiger partial charge in [-0.25, -0.2) is 0 Å². The van der Waals surface area contributed by atoms with E-state index < -0.39 is 0 Å². The van der Waals surface area contributed by atoms with Crippen LogP contribution in [0.15, 0.2) is 18.2 Å². The average molecular weight is 205 g/mol. The molecule has 1 aromatic rings. The minimum absolute atomic E-state index is 0.393. The first-order valence-corrected chi connectivity index (χ1v) is 5.83. The van der Waals surface area contributed by atoms with Crippen molar-refractivity contribution in [3.05, 3.63) is 29.3 Å². The third-order valence-corrected chi connectivity index (χ3v) is 3.10. The van der Waals surface area contributed by atoms with E-state index in [0.717, 1.165) is 19.4 Å². The molecule has 82 valence electrons. The summed E-state index contributed by atoms with van der Waals surface area (Å²) >= 11 is 0. The number of hydrogen-bond acceptors (Lipinski definition) is 2. The molecule has 2 rings (SSSR count). The standard InChI is InChI=1S/C13H19NO/c1-2-7-14-12-5-3-10-4-6-13(15)9-11(10)8-12/h4,6,9,12,14-15H,2-3,5,7-8H2,1H3/t12-/m0/s1. The van der Waals surface area contributed by atoms with Gasteiger partial charge in [0, 0.05) is 6.04 Å². The van der Waals surface area contributed by atoms with Crippen LogP contribution in [-0.2, 0) is 12.8 Å². The molecule has 0 spiro atoms. The summed E-state index contributed by atoms with van der Waals surface area (Å²) in [5.41, 5.74) is 2.72. The fraction of sp³-hybridized carbons (Fsp3) is 0.538. The molecule has 0 bridgehead atoms. The van der Waals surface area contributed by atoms with Crippen molar-refractivity contribution >= 4 is 0 Å². The first kappa shape index (κ1) is 10.5. The van der Waals surface area contributed by atoms with Crippen molar-refractivity contribution in [1.82, 2.24) is 5.32 Å². The monoisotopic (exact) mass is 205 g/mol. The van der Waals surface area contributed by atoms with Gasteiger partial charge in [-0.3, -0.25) is 0 Å². The molecule has 0 aliphatic heterocycles. The highest BCUT2D eigenvalue weighted by Crippen LogP contribution is 2.24. The Morgan fingerprint density at radius 2 is 2.27 bits per heavy atom. The Hall–Kier alpha value is -1.02. The van der Waals surface area contributed by atoms with E-state index in [2.05, 4.69) is 18.3 Å². The van der Waals surface area contributed by atoms with Crippen LogP contribution in [0.2, 0.25) is 0 Å². The van der Waals surface area contributed by atoms with E-state index >= 15 is 0 Å². The number of aryl methyl sites for hydroxylation is 1. The lowest BCUT2D eigenvalue weighted by molar-refractivity contribution is 0.450. The van der Waals surface area contributed by atoms with Gasteiger partial charge in [0.2, 0.25) is 0 Å². The smallest absolute Gasteiger partial charge is 0.115 e. The van der Waals surface area contributed by atoms with Gasteiger partial charge in [-0.2, -0.15) is 0 Å². The Kier molecular flexibility index (Phi) is 3.27. The Morgan fingerprint density at radius 1 is 1.40 bits per heavy atom. The second-order valence-electron chi connectivity index (χ2n) is 4.35. The molecule has 1 aliphatic carbocycles. The van der Waals surface area contributed by atoms with Crippen LogP contribution in [0.4, 0.5) is 0 Å². The van der Waals surface area contributed by atoms with Crippen molar-refractivity contribution in [2.45, 2.75) is 38.6 Å². The second kappa shape index (κ2) is 4.67. The maximum atomic E-state index is 9.43. The van der Waals surface area contributed by atoms with Gasteiger partial charge in [0.05, 0.1) is 0 Å². The van der Waals surface area contributed by atoms with Gasteiger partial charge in [-0.15, -0.1) is 0 Å². The molecule has 0 fully saturated rings. The summed E-state index contributed by atoms with van der Waals surface area (Å²) in [4.78, 5) is 0. The van der Waals surface area contributed by atoms with Crippen molar-refractivity contribution in [2.75, 3.05) is 6.54 Å². The molecule has 1 aromatic carbocycles. The van der Waals surface area contributed by atoms with Crippen LogP contribution < -0.4 is 5.32 Å². The maximum Gasteiger partial charge on any atom is 0.115 e. The van der Waals surface area contributed by atoms with Gasteiger partial charge < -0.3 is 10.4 Å². The van der Waals surface area contributed by atoms with Crippen molar-refractivity contribution in [3.63, 3.8) is 0 Å². The Labute approximate surface area is 91.3 Å². The summed E-state index contributed by atoms with van der Waals surface area (Å²) in [5.74, 6) is 0.393. The van der Waals surface area contributed by atoms with Crippen molar-refractivity contribution in [3.8, 4) is 5.75 Å². The topological polar surface area (TPSA) is 32.3 Å². The van der Waals surface area contributed by atoms with Gasteiger partial charge in [0.25, 0.3) is 0 Å². The molecule has 0 saturated carbocycles. The quantitative estimate of drug-likeness (QED) is 0.793. The van der Waals surface area contributed by atoms with Crippen molar-refractivity contribution in [2.24, 2.45) is 0 Å². The molecule has 1 atom stereocenters. The lowest BCUT2D eigenvalue weighted by Crippen LogP contribution is -2.34. The minimum atomic E-state index is 0.393. The fourth-order valence-corrected chi connectivity index (χ4v) is 2.27. The summed E-state index contributed by atoms with van der Waals surface area (Å²) in [7, 11) is 0. The zero-order valence-electron chi connectivity index (χ0n) is 9.29. The summed E-state index contributed by atoms with van der Waals surface area (Å²) in [6, 6.07) is 6.35. The van der Waals surface area contributed by atoms with Gasteiger partial charge in [-0.1, -0.05) is 13.0 Å². The fourth-order valence-electron chi connectivity index (χ4n) is 2.27. The number of phenolic OH excluding ortho intramolecular Hbond substituents is 1. The van der Waals surface area contributed by atoms with E-state index in [1.807, 2.05) is 6.07 Å². The van der Waals surface area contributed by atoms with Gasteiger partial charge in [0.15, 0.2) is 0 Å². The average Bonchev–Trinajstić information content (AvgIpc) is 2.25. The van der Waals surface area contributed by atoms with Gasteiger partial charge in [0.1, 0.15) is 5.75 Å². The molecular formula is C13H19NO. The van der Waals surface area contributed by atoms with Crippen LogP contribution in [0.3, 0.4) is 0 Å². The number of aromatic hydroxyl groups is 1. The van der Waals surface area contributed by atoms with E-state index in [1.165, 1.54) is 24.0 Å². The lowest BCUT2D eigenvalue weighted by Gasteiger charge is -2.25. The third kappa shape index (κ3) is 2.51. The van der Waals surface area contributed by atoms with Crippen molar-refractivity contribution < 1.29 is 5.11 Å². The molecule has 0 heterocycles. The van der Waals surface area contributed by atoms with Crippen LogP contribution >= 0.6 is 0 Å². The van der Waals surface area contributed by atoms with Crippen LogP contribution in [0.1, 0.15) is 30.9 Å². The second-order valence-corrected chi connectivity index (χ2v) is 4.35. The third-order valence-electron chi connectivity index (χ3n) is 3.10. The maximum absolute atomic E-state index is 9.43. The number of benzene rings is 1. The number of hydrogen-bond donors (Lipinski definition) is 2. The van der Waals surface area contributed by atoms with Crippen LogP contribution in [0.25, 0.3) is 0 Å². The highest BCUT2D eigenvalue weighted by molar-refractivity contribution is 5.37. The molecule has 0 unspecified atom stereocenters. The predicted molar refractivity (Wildman–Crippen MR) is 62.2 cm³/mol. The zero-order chi connectivity index (χ0) is 10.7. The van der Waals surface area contributed by atoms with E-state index in [1.54, 1.807) is 6.07 Å². The van der Waals surface area contributed by atoms with Crippen molar-refractivity contribution in [1.29, 1.82) is 0 Å². The van der Waals surface area contributed by atoms with E-state index in [4.69, 9.17) is 0 Å². The molecular weight excluding hydrogens is 186 g/mol. The largest absolute Gasteiger partial charge is 0.508 e. The van der Waals surface area contributed by atoms with Crippen LogP contribution in [0, 0.1) is 0 Å². The summed E-state index contributed by atoms with van der Waals surface area (Å²) in [6.45, 7) is 3.29. The van der Waals surface area contributed by atoms with E-state index in [0.29, 0.717) is 11.8 Å². The molecule has 0 saturated heterocycles. The Bertz CT molecular complexity index is 335. The highest BCUT2D eigenvalue weighted by atomic mass is 16.3. The van der Waals surface area contributed by atoms with Crippen LogP contribution in [-0.4, -0.2) is 17.7 Å². The minimum Gasteiger partial charge on any atom is -0.508 e. The summed E-state index contributed by atoms with van der Waals surface area (Å²) < 4.78 is 0. The Morgan fingerprint density at radius 3 is 3.07 bits per heavy atom. The molecule has 0 amide bonds. The molecule has 0 aromatic heterocycles. The number of nitrogens with one attached hydrogen (secondary N) is 1. The highest BCUT2D eigenvalue weighted by Gasteiger charge is 2.17. The number of fused-ring (bicyclic) bond motifs is 1. The number of phenols is 1. The summed E-state index contributed by atoms with van der Waals surface area (Å²) in [5, 5.41) is 13.0. The summed E-state index contributed by atoms with van der Waals surface area (Å²) in [6.07, 6.45) is 4.60. The van der Waals surface area contributed by atoms with Crippen LogP contribution in [0.5, 0.6) is 5.75 Å². The molecule has 0 radical (unpaired) electrons. The van der Waals surface area contributed by atoms with E-state index in [-0.39, 0.29) is 0 Å². The molecule has 2 N–H and O–H groups in total. The predicted octanol–water partition coefficient (Wildman–Crippen LogP) is 2.25.